The Hall–Kier alpha value is -2.49. The average Bonchev–Trinajstić information content (AvgIpc) is 2.69. The van der Waals surface area contributed by atoms with Crippen molar-refractivity contribution in [3.8, 4) is 5.75 Å². The average molecular weight is 437 g/mol. The zero-order valence-electron chi connectivity index (χ0n) is 17.0. The summed E-state index contributed by atoms with van der Waals surface area (Å²) in [5, 5.41) is 2.68. The van der Waals surface area contributed by atoms with Crippen molar-refractivity contribution in [2.24, 2.45) is 0 Å². The molecular weight excluding hydrogens is 411 g/mol. The van der Waals surface area contributed by atoms with Crippen molar-refractivity contribution in [1.82, 2.24) is 4.31 Å². The fraction of sp³-hybridized carbons (Fsp3) is 0.381. The van der Waals surface area contributed by atoms with E-state index in [4.69, 9.17) is 9.47 Å². The maximum Gasteiger partial charge on any atom is 0.265 e. The van der Waals surface area contributed by atoms with Gasteiger partial charge in [-0.25, -0.2) is 12.8 Å². The Kier molecular flexibility index (Phi) is 6.74. The molecule has 1 N–H and O–H groups in total. The van der Waals surface area contributed by atoms with Crippen molar-refractivity contribution in [1.29, 1.82) is 0 Å². The number of halogens is 1. The standard InChI is InChI=1S/C21H25FN2O5S/c1-14-12-24(13-15(2)28-14)30(26,27)20-10-6-18(7-11-20)23-21(25)16(3)29-19-8-4-17(22)5-9-19/h4-11,14-16H,12-13H2,1-3H3,(H,23,25). The van der Waals surface area contributed by atoms with Crippen LogP contribution in [0.15, 0.2) is 53.4 Å². The van der Waals surface area contributed by atoms with Gasteiger partial charge in [-0.2, -0.15) is 4.31 Å². The number of carbonyl (C=O) groups excluding carboxylic acids is 1. The number of ether oxygens (including phenoxy) is 2. The predicted octanol–water partition coefficient (Wildman–Crippen LogP) is 3.03. The zero-order valence-corrected chi connectivity index (χ0v) is 17.9. The Morgan fingerprint density at radius 2 is 1.67 bits per heavy atom. The third-order valence-corrected chi connectivity index (χ3v) is 6.49. The van der Waals surface area contributed by atoms with Crippen LogP contribution in [0, 0.1) is 5.82 Å². The summed E-state index contributed by atoms with van der Waals surface area (Å²) in [4.78, 5) is 12.5. The van der Waals surface area contributed by atoms with Crippen molar-refractivity contribution in [2.75, 3.05) is 18.4 Å². The lowest BCUT2D eigenvalue weighted by Crippen LogP contribution is -2.48. The second kappa shape index (κ2) is 9.11. The first kappa shape index (κ1) is 22.2. The molecule has 1 aliphatic heterocycles. The van der Waals surface area contributed by atoms with E-state index in [1.165, 1.54) is 52.8 Å². The van der Waals surface area contributed by atoms with Crippen LogP contribution in [0.4, 0.5) is 10.1 Å². The number of hydrogen-bond acceptors (Lipinski definition) is 5. The van der Waals surface area contributed by atoms with Gasteiger partial charge in [-0.15, -0.1) is 0 Å². The lowest BCUT2D eigenvalue weighted by molar-refractivity contribution is -0.122. The van der Waals surface area contributed by atoms with Gasteiger partial charge in [0.25, 0.3) is 5.91 Å². The summed E-state index contributed by atoms with van der Waals surface area (Å²) in [7, 11) is -3.65. The lowest BCUT2D eigenvalue weighted by Gasteiger charge is -2.34. The van der Waals surface area contributed by atoms with Gasteiger partial charge in [-0.05, 0) is 69.3 Å². The van der Waals surface area contributed by atoms with Crippen LogP contribution in [0.5, 0.6) is 5.75 Å². The van der Waals surface area contributed by atoms with Crippen LogP contribution in [0.1, 0.15) is 20.8 Å². The minimum absolute atomic E-state index is 0.150. The highest BCUT2D eigenvalue weighted by Gasteiger charge is 2.32. The van der Waals surface area contributed by atoms with Gasteiger partial charge in [0.1, 0.15) is 11.6 Å². The molecule has 0 aromatic heterocycles. The normalized spacial score (nSPS) is 21.1. The van der Waals surface area contributed by atoms with Gasteiger partial charge in [0.05, 0.1) is 17.1 Å². The van der Waals surface area contributed by atoms with Gasteiger partial charge in [0.15, 0.2) is 6.10 Å². The molecule has 2 aromatic rings. The van der Waals surface area contributed by atoms with E-state index in [0.717, 1.165) is 0 Å². The van der Waals surface area contributed by atoms with E-state index in [2.05, 4.69) is 5.32 Å². The first-order valence-electron chi connectivity index (χ1n) is 9.64. The summed E-state index contributed by atoms with van der Waals surface area (Å²) in [6.45, 7) is 5.84. The fourth-order valence-corrected chi connectivity index (χ4v) is 4.79. The van der Waals surface area contributed by atoms with E-state index in [1.54, 1.807) is 6.92 Å². The number of nitrogens with zero attached hydrogens (tertiary/aromatic N) is 1. The summed E-state index contributed by atoms with van der Waals surface area (Å²) in [6.07, 6.45) is -1.18. The summed E-state index contributed by atoms with van der Waals surface area (Å²) in [5.41, 5.74) is 0.442. The minimum Gasteiger partial charge on any atom is -0.481 e. The van der Waals surface area contributed by atoms with Crippen molar-refractivity contribution >= 4 is 21.6 Å². The van der Waals surface area contributed by atoms with E-state index in [9.17, 15) is 17.6 Å². The van der Waals surface area contributed by atoms with Crippen molar-refractivity contribution in [2.45, 2.75) is 44.0 Å². The van der Waals surface area contributed by atoms with Crippen LogP contribution in [0.2, 0.25) is 0 Å². The maximum absolute atomic E-state index is 13.0. The molecule has 30 heavy (non-hydrogen) atoms. The molecule has 0 spiro atoms. The summed E-state index contributed by atoms with van der Waals surface area (Å²) >= 11 is 0. The van der Waals surface area contributed by atoms with Crippen molar-refractivity contribution < 1.29 is 27.1 Å². The highest BCUT2D eigenvalue weighted by Crippen LogP contribution is 2.23. The molecule has 7 nitrogen and oxygen atoms in total. The first-order valence-corrected chi connectivity index (χ1v) is 11.1. The molecule has 1 aliphatic rings. The number of nitrogens with one attached hydrogen (secondary N) is 1. The minimum atomic E-state index is -3.65. The van der Waals surface area contributed by atoms with Crippen LogP contribution in [0.25, 0.3) is 0 Å². The van der Waals surface area contributed by atoms with E-state index in [0.29, 0.717) is 24.5 Å². The number of anilines is 1. The van der Waals surface area contributed by atoms with Crippen molar-refractivity contribution in [3.05, 3.63) is 54.3 Å². The van der Waals surface area contributed by atoms with Crippen LogP contribution < -0.4 is 10.1 Å². The molecule has 1 heterocycles. The van der Waals surface area contributed by atoms with Gasteiger partial charge >= 0.3 is 0 Å². The van der Waals surface area contributed by atoms with Crippen molar-refractivity contribution in [3.63, 3.8) is 0 Å². The van der Waals surface area contributed by atoms with E-state index in [-0.39, 0.29) is 17.1 Å². The Morgan fingerprint density at radius 1 is 1.10 bits per heavy atom. The molecule has 0 aliphatic carbocycles. The first-order chi connectivity index (χ1) is 14.1. The zero-order chi connectivity index (χ0) is 21.9. The fourth-order valence-electron chi connectivity index (χ4n) is 3.20. The molecule has 1 fully saturated rings. The number of sulfonamides is 1. The molecular formula is C21H25FN2O5S. The molecule has 0 radical (unpaired) electrons. The predicted molar refractivity (Wildman–Crippen MR) is 110 cm³/mol. The van der Waals surface area contributed by atoms with E-state index < -0.39 is 27.9 Å². The van der Waals surface area contributed by atoms with Gasteiger partial charge in [0, 0.05) is 18.8 Å². The number of hydrogen-bond donors (Lipinski definition) is 1. The lowest BCUT2D eigenvalue weighted by atomic mass is 10.3. The third-order valence-electron chi connectivity index (χ3n) is 4.64. The molecule has 0 saturated carbocycles. The van der Waals surface area contributed by atoms with Crippen LogP contribution >= 0.6 is 0 Å². The molecule has 1 saturated heterocycles. The number of rotatable bonds is 6. The van der Waals surface area contributed by atoms with E-state index in [1.807, 2.05) is 13.8 Å². The second-order valence-electron chi connectivity index (χ2n) is 7.31. The smallest absolute Gasteiger partial charge is 0.265 e. The quantitative estimate of drug-likeness (QED) is 0.753. The highest BCUT2D eigenvalue weighted by molar-refractivity contribution is 7.89. The highest BCUT2D eigenvalue weighted by atomic mass is 32.2. The molecule has 1 amide bonds. The SMILES string of the molecule is CC1CN(S(=O)(=O)c2ccc(NC(=O)C(C)Oc3ccc(F)cc3)cc2)CC(C)O1. The third kappa shape index (κ3) is 5.35. The van der Waals surface area contributed by atoms with Gasteiger partial charge < -0.3 is 14.8 Å². The topological polar surface area (TPSA) is 84.9 Å². The monoisotopic (exact) mass is 436 g/mol. The van der Waals surface area contributed by atoms with E-state index >= 15 is 0 Å². The molecule has 2 aromatic carbocycles. The van der Waals surface area contributed by atoms with Gasteiger partial charge in [-0.1, -0.05) is 0 Å². The van der Waals surface area contributed by atoms with Gasteiger partial charge in [0.2, 0.25) is 10.0 Å². The van der Waals surface area contributed by atoms with Crippen LogP contribution in [0.3, 0.4) is 0 Å². The summed E-state index contributed by atoms with van der Waals surface area (Å²) in [6, 6.07) is 11.3. The molecule has 3 atom stereocenters. The second-order valence-corrected chi connectivity index (χ2v) is 9.24. The Morgan fingerprint density at radius 3 is 2.23 bits per heavy atom. The molecule has 0 bridgehead atoms. The summed E-state index contributed by atoms with van der Waals surface area (Å²) < 4.78 is 51.2. The molecule has 3 rings (SSSR count). The Bertz CT molecular complexity index is 969. The maximum atomic E-state index is 13.0. The Balaban J connectivity index is 1.63. The number of amides is 1. The molecule has 3 unspecified atom stereocenters. The number of carbonyl (C=O) groups is 1. The van der Waals surface area contributed by atoms with Gasteiger partial charge in [-0.3, -0.25) is 4.79 Å². The molecule has 9 heteroatoms. The molecule has 162 valence electrons. The summed E-state index contributed by atoms with van der Waals surface area (Å²) in [5.74, 6) is -0.435. The number of benzene rings is 2. The van der Waals surface area contributed by atoms with Crippen LogP contribution in [-0.4, -0.2) is 50.0 Å². The Labute approximate surface area is 175 Å². The largest absolute Gasteiger partial charge is 0.481 e. The van der Waals surface area contributed by atoms with Crippen LogP contribution in [-0.2, 0) is 19.6 Å². The number of morpholine rings is 1.